The predicted octanol–water partition coefficient (Wildman–Crippen LogP) is 6.94. The van der Waals surface area contributed by atoms with Gasteiger partial charge in [-0.25, -0.2) is 8.78 Å². The first-order valence-electron chi connectivity index (χ1n) is 14.9. The number of hydrogen-bond acceptors (Lipinski definition) is 5. The number of carbonyl (C=O) groups excluding carboxylic acids is 1. The molecule has 0 aromatic carbocycles. The second-order valence-electron chi connectivity index (χ2n) is 12.6. The van der Waals surface area contributed by atoms with E-state index in [0.717, 1.165) is 37.5 Å². The molecule has 216 valence electrons. The summed E-state index contributed by atoms with van der Waals surface area (Å²) in [5, 5.41) is 12.2. The minimum absolute atomic E-state index is 0.0513. The third-order valence-corrected chi connectivity index (χ3v) is 11.2. The summed E-state index contributed by atoms with van der Waals surface area (Å²) < 4.78 is 29.9. The van der Waals surface area contributed by atoms with Crippen LogP contribution < -0.4 is 5.32 Å². The van der Waals surface area contributed by atoms with E-state index in [1.165, 1.54) is 33.7 Å². The van der Waals surface area contributed by atoms with Gasteiger partial charge in [0.2, 0.25) is 11.8 Å². The van der Waals surface area contributed by atoms with Crippen molar-refractivity contribution >= 4 is 17.2 Å². The van der Waals surface area contributed by atoms with Gasteiger partial charge in [-0.1, -0.05) is 13.8 Å². The highest BCUT2D eigenvalue weighted by molar-refractivity contribution is 7.12. The van der Waals surface area contributed by atoms with Gasteiger partial charge in [-0.3, -0.25) is 9.69 Å². The van der Waals surface area contributed by atoms with Crippen LogP contribution >= 0.6 is 11.3 Å². The molecule has 4 heterocycles. The minimum atomic E-state index is -2.62. The summed E-state index contributed by atoms with van der Waals surface area (Å²) in [5.74, 6) is -0.538. The molecule has 39 heavy (non-hydrogen) atoms. The normalized spacial score (nSPS) is 26.3. The van der Waals surface area contributed by atoms with Crippen LogP contribution in [0.25, 0.3) is 0 Å². The molecule has 9 heteroatoms. The Bertz CT molecular complexity index is 1170. The molecule has 1 amide bonds. The molecule has 2 bridgehead atoms. The fourth-order valence-electron chi connectivity index (χ4n) is 7.29. The summed E-state index contributed by atoms with van der Waals surface area (Å²) in [6.07, 6.45) is 5.65. The summed E-state index contributed by atoms with van der Waals surface area (Å²) in [4.78, 5) is 18.5. The maximum Gasteiger partial charge on any atom is 0.248 e. The SMILES string of the molecule is Cc1sc([C@H](CCN2[C@@H]3CC[C@H]2CC(n2c(C)nnc2C(C)C)C3)NC(=O)C2CCC(F)(F)CC2)c(C)c1C. The Morgan fingerprint density at radius 3 is 2.21 bits per heavy atom. The average Bonchev–Trinajstić information content (AvgIpc) is 3.47. The van der Waals surface area contributed by atoms with Crippen molar-refractivity contribution in [2.75, 3.05) is 6.54 Å². The topological polar surface area (TPSA) is 63.1 Å². The number of amides is 1. The Morgan fingerprint density at radius 1 is 1.00 bits per heavy atom. The molecule has 3 aliphatic rings. The number of aromatic nitrogens is 3. The average molecular weight is 562 g/mol. The van der Waals surface area contributed by atoms with Gasteiger partial charge in [0.1, 0.15) is 11.6 Å². The Balaban J connectivity index is 1.28. The van der Waals surface area contributed by atoms with Gasteiger partial charge in [-0.2, -0.15) is 0 Å². The number of nitrogens with zero attached hydrogens (tertiary/aromatic N) is 4. The lowest BCUT2D eigenvalue weighted by Gasteiger charge is -2.40. The number of aryl methyl sites for hydroxylation is 2. The molecular formula is C30H45F2N5OS. The fraction of sp³-hybridized carbons (Fsp3) is 0.767. The van der Waals surface area contributed by atoms with Crippen LogP contribution in [0.3, 0.4) is 0 Å². The maximum atomic E-state index is 13.7. The van der Waals surface area contributed by atoms with E-state index in [0.29, 0.717) is 24.0 Å². The minimum Gasteiger partial charge on any atom is -0.348 e. The summed E-state index contributed by atoms with van der Waals surface area (Å²) in [5.41, 5.74) is 2.54. The fourth-order valence-corrected chi connectivity index (χ4v) is 8.55. The van der Waals surface area contributed by atoms with Gasteiger partial charge in [-0.15, -0.1) is 21.5 Å². The number of fused-ring (bicyclic) bond motifs is 2. The molecule has 0 spiro atoms. The highest BCUT2D eigenvalue weighted by atomic mass is 32.1. The van der Waals surface area contributed by atoms with E-state index in [1.54, 1.807) is 11.3 Å². The van der Waals surface area contributed by atoms with E-state index in [2.05, 4.69) is 66.5 Å². The maximum absolute atomic E-state index is 13.7. The van der Waals surface area contributed by atoms with Gasteiger partial charge < -0.3 is 9.88 Å². The third-order valence-electron chi connectivity index (χ3n) is 9.75. The second kappa shape index (κ2) is 11.2. The summed E-state index contributed by atoms with van der Waals surface area (Å²) in [6, 6.07) is 1.42. The van der Waals surface area contributed by atoms with Gasteiger partial charge in [0.15, 0.2) is 0 Å². The van der Waals surface area contributed by atoms with Crippen molar-refractivity contribution in [3.05, 3.63) is 32.5 Å². The first-order valence-corrected chi connectivity index (χ1v) is 15.7. The van der Waals surface area contributed by atoms with Crippen LogP contribution in [0.5, 0.6) is 0 Å². The van der Waals surface area contributed by atoms with Crippen molar-refractivity contribution in [2.24, 2.45) is 5.92 Å². The third kappa shape index (κ3) is 5.81. The lowest BCUT2D eigenvalue weighted by Crippen LogP contribution is -2.45. The van der Waals surface area contributed by atoms with Crippen LogP contribution in [-0.4, -0.2) is 50.1 Å². The molecule has 0 radical (unpaired) electrons. The lowest BCUT2D eigenvalue weighted by atomic mass is 9.86. The van der Waals surface area contributed by atoms with Gasteiger partial charge in [0.05, 0.1) is 6.04 Å². The van der Waals surface area contributed by atoms with Crippen LogP contribution in [0.4, 0.5) is 8.78 Å². The molecule has 2 aromatic rings. The number of alkyl halides is 2. The van der Waals surface area contributed by atoms with Crippen molar-refractivity contribution in [1.29, 1.82) is 0 Å². The highest BCUT2D eigenvalue weighted by Gasteiger charge is 2.43. The zero-order valence-corrected chi connectivity index (χ0v) is 25.2. The summed E-state index contributed by atoms with van der Waals surface area (Å²) in [7, 11) is 0. The Morgan fingerprint density at radius 2 is 1.64 bits per heavy atom. The summed E-state index contributed by atoms with van der Waals surface area (Å²) >= 11 is 1.78. The molecule has 3 fully saturated rings. The van der Waals surface area contributed by atoms with Crippen LogP contribution in [-0.2, 0) is 4.79 Å². The van der Waals surface area contributed by atoms with Crippen LogP contribution in [0.15, 0.2) is 0 Å². The Kier molecular flexibility index (Phi) is 8.22. The van der Waals surface area contributed by atoms with Crippen LogP contribution in [0, 0.1) is 33.6 Å². The van der Waals surface area contributed by atoms with Crippen LogP contribution in [0.2, 0.25) is 0 Å². The number of thiophene rings is 1. The summed E-state index contributed by atoms with van der Waals surface area (Å²) in [6.45, 7) is 13.8. The van der Waals surface area contributed by atoms with Crippen molar-refractivity contribution in [3.63, 3.8) is 0 Å². The zero-order chi connectivity index (χ0) is 28.1. The van der Waals surface area contributed by atoms with Gasteiger partial charge in [0, 0.05) is 59.1 Å². The monoisotopic (exact) mass is 561 g/mol. The number of piperidine rings is 1. The molecule has 2 saturated heterocycles. The van der Waals surface area contributed by atoms with Gasteiger partial charge >= 0.3 is 0 Å². The number of halogens is 2. The lowest BCUT2D eigenvalue weighted by molar-refractivity contribution is -0.130. The van der Waals surface area contributed by atoms with Gasteiger partial charge in [-0.05, 0) is 83.8 Å². The first-order chi connectivity index (χ1) is 18.4. The van der Waals surface area contributed by atoms with E-state index in [4.69, 9.17) is 0 Å². The Hall–Kier alpha value is -1.87. The molecular weight excluding hydrogens is 516 g/mol. The van der Waals surface area contributed by atoms with E-state index < -0.39 is 5.92 Å². The number of hydrogen-bond donors (Lipinski definition) is 1. The molecule has 1 saturated carbocycles. The second-order valence-corrected chi connectivity index (χ2v) is 13.9. The molecule has 1 unspecified atom stereocenters. The van der Waals surface area contributed by atoms with Crippen LogP contribution in [0.1, 0.15) is 122 Å². The Labute approximate surface area is 235 Å². The molecule has 1 N–H and O–H groups in total. The molecule has 4 atom stereocenters. The van der Waals surface area contributed by atoms with Crippen molar-refractivity contribution in [1.82, 2.24) is 25.0 Å². The first kappa shape index (κ1) is 28.7. The van der Waals surface area contributed by atoms with Crippen molar-refractivity contribution in [3.8, 4) is 0 Å². The van der Waals surface area contributed by atoms with E-state index in [1.807, 2.05) is 0 Å². The number of nitrogens with one attached hydrogen (secondary N) is 1. The predicted molar refractivity (Wildman–Crippen MR) is 152 cm³/mol. The van der Waals surface area contributed by atoms with E-state index >= 15 is 0 Å². The molecule has 2 aliphatic heterocycles. The van der Waals surface area contributed by atoms with E-state index in [9.17, 15) is 13.6 Å². The molecule has 1 aliphatic carbocycles. The smallest absolute Gasteiger partial charge is 0.248 e. The number of rotatable bonds is 8. The van der Waals surface area contributed by atoms with E-state index in [-0.39, 0.29) is 43.6 Å². The number of carbonyl (C=O) groups is 1. The molecule has 5 rings (SSSR count). The van der Waals surface area contributed by atoms with Crippen molar-refractivity contribution in [2.45, 2.75) is 135 Å². The zero-order valence-electron chi connectivity index (χ0n) is 24.4. The van der Waals surface area contributed by atoms with Crippen molar-refractivity contribution < 1.29 is 13.6 Å². The molecule has 2 aromatic heterocycles. The highest BCUT2D eigenvalue weighted by Crippen LogP contribution is 2.43. The quantitative estimate of drug-likeness (QED) is 0.379. The standard InChI is InChI=1S/C30H45F2N5OS/c1-17(2)28-35-34-21(6)37(28)25-15-23-7-8-24(16-25)36(23)14-11-26(27-19(4)18(3)20(5)39-27)33-29(38)22-9-12-30(31,32)13-10-22/h17,22-26H,7-16H2,1-6H3,(H,33,38)/t23-,24+,25?,26-/m0/s1. The van der Waals surface area contributed by atoms with Gasteiger partial charge in [0.25, 0.3) is 0 Å². The largest absolute Gasteiger partial charge is 0.348 e. The molecule has 6 nitrogen and oxygen atoms in total.